The van der Waals surface area contributed by atoms with Crippen LogP contribution in [0.25, 0.3) is 0 Å². The second-order valence-corrected chi connectivity index (χ2v) is 7.20. The molecule has 0 saturated heterocycles. The third kappa shape index (κ3) is 4.46. The third-order valence-electron chi connectivity index (χ3n) is 4.79. The van der Waals surface area contributed by atoms with Crippen molar-refractivity contribution < 1.29 is 4.79 Å². The van der Waals surface area contributed by atoms with E-state index in [4.69, 9.17) is 11.5 Å². The summed E-state index contributed by atoms with van der Waals surface area (Å²) in [7, 11) is 0. The van der Waals surface area contributed by atoms with Crippen LogP contribution in [0.15, 0.2) is 23.0 Å². The molecule has 2 aromatic rings. The first kappa shape index (κ1) is 18.9. The normalized spacial score (nSPS) is 19.5. The Kier molecular flexibility index (Phi) is 5.46. The summed E-state index contributed by atoms with van der Waals surface area (Å²) in [5.74, 6) is -0.432. The van der Waals surface area contributed by atoms with Crippen molar-refractivity contribution in [2.45, 2.75) is 51.6 Å². The van der Waals surface area contributed by atoms with Gasteiger partial charge in [-0.15, -0.1) is 0 Å². The van der Waals surface area contributed by atoms with Crippen molar-refractivity contribution in [1.82, 2.24) is 9.97 Å². The van der Waals surface area contributed by atoms with Gasteiger partial charge in [0.25, 0.3) is 11.5 Å². The van der Waals surface area contributed by atoms with Gasteiger partial charge in [0.2, 0.25) is 5.95 Å². The van der Waals surface area contributed by atoms with Crippen molar-refractivity contribution in [1.29, 1.82) is 0 Å². The Morgan fingerprint density at radius 1 is 1.19 bits per heavy atom. The molecule has 2 unspecified atom stereocenters. The van der Waals surface area contributed by atoms with Crippen LogP contribution in [-0.2, 0) is 0 Å². The van der Waals surface area contributed by atoms with Gasteiger partial charge in [-0.2, -0.15) is 4.98 Å². The number of hydrogen-bond acceptors (Lipinski definition) is 6. The summed E-state index contributed by atoms with van der Waals surface area (Å²) < 4.78 is 0. The van der Waals surface area contributed by atoms with Crippen molar-refractivity contribution >= 4 is 23.4 Å². The number of nitrogens with zero attached hydrogens (tertiary/aromatic N) is 1. The highest BCUT2D eigenvalue weighted by Gasteiger charge is 2.24. The molecule has 1 aliphatic rings. The van der Waals surface area contributed by atoms with E-state index in [1.807, 2.05) is 32.0 Å². The smallest absolute Gasteiger partial charge is 0.267 e. The summed E-state index contributed by atoms with van der Waals surface area (Å²) in [6, 6.07) is 5.87. The Morgan fingerprint density at radius 3 is 2.48 bits per heavy atom. The van der Waals surface area contributed by atoms with Crippen LogP contribution in [0, 0.1) is 13.8 Å². The quantitative estimate of drug-likeness (QED) is 0.545. The number of hydrogen-bond donors (Lipinski definition) is 5. The molecule has 27 heavy (non-hydrogen) atoms. The molecular formula is C19H26N6O2. The van der Waals surface area contributed by atoms with Crippen molar-refractivity contribution in [3.8, 4) is 0 Å². The number of nitrogens with one attached hydrogen (secondary N) is 3. The van der Waals surface area contributed by atoms with Gasteiger partial charge in [0.15, 0.2) is 5.82 Å². The second-order valence-electron chi connectivity index (χ2n) is 7.20. The molecule has 1 fully saturated rings. The minimum Gasteiger partial charge on any atom is -0.365 e. The molecular weight excluding hydrogens is 344 g/mol. The van der Waals surface area contributed by atoms with Crippen LogP contribution in [0.1, 0.15) is 47.2 Å². The fraction of sp³-hybridized carbons (Fsp3) is 0.421. The van der Waals surface area contributed by atoms with Crippen LogP contribution in [0.4, 0.5) is 17.5 Å². The largest absolute Gasteiger partial charge is 0.365 e. The van der Waals surface area contributed by atoms with Crippen molar-refractivity contribution in [3.05, 3.63) is 45.2 Å². The molecule has 1 aromatic heterocycles. The first-order chi connectivity index (χ1) is 12.8. The molecule has 7 N–H and O–H groups in total. The average Bonchev–Trinajstić information content (AvgIpc) is 2.55. The summed E-state index contributed by atoms with van der Waals surface area (Å²) in [6.07, 6.45) is 4.00. The van der Waals surface area contributed by atoms with Crippen molar-refractivity contribution in [3.63, 3.8) is 0 Å². The topological polar surface area (TPSA) is 139 Å². The van der Waals surface area contributed by atoms with E-state index in [2.05, 4.69) is 20.6 Å². The van der Waals surface area contributed by atoms with Crippen molar-refractivity contribution in [2.24, 2.45) is 11.5 Å². The summed E-state index contributed by atoms with van der Waals surface area (Å²) in [6.45, 7) is 3.94. The molecule has 1 saturated carbocycles. The summed E-state index contributed by atoms with van der Waals surface area (Å²) in [5, 5.41) is 6.26. The molecule has 8 nitrogen and oxygen atoms in total. The first-order valence-electron chi connectivity index (χ1n) is 9.15. The molecule has 1 aromatic carbocycles. The van der Waals surface area contributed by atoms with Gasteiger partial charge in [0, 0.05) is 17.8 Å². The number of primary amides is 1. The van der Waals surface area contributed by atoms with Gasteiger partial charge < -0.3 is 22.1 Å². The maximum atomic E-state index is 12.4. The van der Waals surface area contributed by atoms with E-state index in [9.17, 15) is 9.59 Å². The van der Waals surface area contributed by atoms with E-state index < -0.39 is 11.5 Å². The molecule has 1 amide bonds. The molecule has 0 radical (unpaired) electrons. The van der Waals surface area contributed by atoms with Gasteiger partial charge >= 0.3 is 0 Å². The van der Waals surface area contributed by atoms with E-state index in [1.54, 1.807) is 0 Å². The predicted molar refractivity (Wildman–Crippen MR) is 106 cm³/mol. The lowest BCUT2D eigenvalue weighted by Gasteiger charge is -2.29. The maximum Gasteiger partial charge on any atom is 0.267 e. The molecule has 0 spiro atoms. The van der Waals surface area contributed by atoms with E-state index >= 15 is 0 Å². The molecule has 8 heteroatoms. The summed E-state index contributed by atoms with van der Waals surface area (Å²) >= 11 is 0. The monoisotopic (exact) mass is 370 g/mol. The number of anilines is 3. The molecule has 0 aliphatic heterocycles. The van der Waals surface area contributed by atoms with Gasteiger partial charge in [-0.3, -0.25) is 14.6 Å². The fourth-order valence-electron chi connectivity index (χ4n) is 3.56. The number of aromatic amines is 1. The summed E-state index contributed by atoms with van der Waals surface area (Å²) in [5.41, 5.74) is 13.6. The molecule has 2 atom stereocenters. The number of H-pyrrole nitrogens is 1. The van der Waals surface area contributed by atoms with Crippen LogP contribution >= 0.6 is 0 Å². The Morgan fingerprint density at radius 2 is 1.85 bits per heavy atom. The van der Waals surface area contributed by atoms with E-state index in [0.29, 0.717) is 0 Å². The van der Waals surface area contributed by atoms with Crippen LogP contribution in [-0.4, -0.2) is 28.0 Å². The molecule has 144 valence electrons. The van der Waals surface area contributed by atoms with Gasteiger partial charge in [-0.25, -0.2) is 0 Å². The molecule has 3 rings (SSSR count). The highest BCUT2D eigenvalue weighted by Crippen LogP contribution is 2.23. The second kappa shape index (κ2) is 7.79. The van der Waals surface area contributed by atoms with Gasteiger partial charge in [0.1, 0.15) is 5.56 Å². The SMILES string of the molecule is Cc1cc(C)cc(Nc2nc(NC3CCCCC3N)[nH]c(=O)c2C(N)=O)c1. The number of carbonyl (C=O) groups excluding carboxylic acids is 1. The van der Waals surface area contributed by atoms with E-state index in [0.717, 1.165) is 42.5 Å². The highest BCUT2D eigenvalue weighted by molar-refractivity contribution is 5.98. The standard InChI is InChI=1S/C19H26N6O2/c1-10-7-11(2)9-12(8-10)22-17-15(16(21)26)18(27)25-19(24-17)23-14-6-4-3-5-13(14)20/h7-9,13-14H,3-6,20H2,1-2H3,(H2,21,26)(H3,22,23,24,25,27). The van der Waals surface area contributed by atoms with Gasteiger partial charge in [-0.05, 0) is 49.9 Å². The predicted octanol–water partition coefficient (Wildman–Crippen LogP) is 1.91. The maximum absolute atomic E-state index is 12.4. The highest BCUT2D eigenvalue weighted by atomic mass is 16.2. The number of benzene rings is 1. The lowest BCUT2D eigenvalue weighted by Crippen LogP contribution is -2.43. The fourth-order valence-corrected chi connectivity index (χ4v) is 3.56. The van der Waals surface area contributed by atoms with E-state index in [-0.39, 0.29) is 29.4 Å². The first-order valence-corrected chi connectivity index (χ1v) is 9.15. The Hall–Kier alpha value is -2.87. The molecule has 1 heterocycles. The van der Waals surface area contributed by atoms with Gasteiger partial charge in [0.05, 0.1) is 0 Å². The van der Waals surface area contributed by atoms with E-state index in [1.165, 1.54) is 0 Å². The van der Waals surface area contributed by atoms with Crippen LogP contribution in [0.2, 0.25) is 0 Å². The Labute approximate surface area is 157 Å². The zero-order valence-electron chi connectivity index (χ0n) is 15.6. The molecule has 0 bridgehead atoms. The zero-order chi connectivity index (χ0) is 19.6. The average molecular weight is 370 g/mol. The minimum atomic E-state index is -0.837. The van der Waals surface area contributed by atoms with Crippen LogP contribution in [0.5, 0.6) is 0 Å². The number of aromatic nitrogens is 2. The summed E-state index contributed by atoms with van der Waals surface area (Å²) in [4.78, 5) is 31.2. The van der Waals surface area contributed by atoms with Crippen LogP contribution < -0.4 is 27.7 Å². The van der Waals surface area contributed by atoms with Crippen LogP contribution in [0.3, 0.4) is 0 Å². The Bertz CT molecular complexity index is 887. The number of amides is 1. The number of carbonyl (C=O) groups is 1. The number of nitrogens with two attached hydrogens (primary N) is 2. The number of rotatable bonds is 5. The van der Waals surface area contributed by atoms with Crippen molar-refractivity contribution in [2.75, 3.05) is 10.6 Å². The molecule has 1 aliphatic carbocycles. The lowest BCUT2D eigenvalue weighted by atomic mass is 9.91. The zero-order valence-corrected chi connectivity index (χ0v) is 15.6. The third-order valence-corrected chi connectivity index (χ3v) is 4.79. The Balaban J connectivity index is 1.96. The lowest BCUT2D eigenvalue weighted by molar-refractivity contribution is 0.0999. The van der Waals surface area contributed by atoms with Gasteiger partial charge in [-0.1, -0.05) is 18.9 Å². The minimum absolute atomic E-state index is 0.00398. The number of aryl methyl sites for hydroxylation is 2.